The van der Waals surface area contributed by atoms with Gasteiger partial charge in [0.2, 0.25) is 0 Å². The predicted octanol–water partition coefficient (Wildman–Crippen LogP) is 12.8. The van der Waals surface area contributed by atoms with Crippen LogP contribution in [0, 0.1) is 0 Å². The Morgan fingerprint density at radius 2 is 1.35 bits per heavy atom. The number of para-hydroxylation sites is 1. The monoisotopic (exact) mass is 675 g/mol. The molecule has 3 atom stereocenters. The van der Waals surface area contributed by atoms with E-state index in [4.69, 9.17) is 4.74 Å². The van der Waals surface area contributed by atoms with E-state index in [1.807, 2.05) is 11.3 Å². The molecule has 10 rings (SSSR count). The molecule has 0 radical (unpaired) electrons. The first kappa shape index (κ1) is 30.2. The summed E-state index contributed by atoms with van der Waals surface area (Å²) in [7, 11) is 0. The highest BCUT2D eigenvalue weighted by molar-refractivity contribution is 7.26. The van der Waals surface area contributed by atoms with E-state index in [-0.39, 0.29) is 12.1 Å². The van der Waals surface area contributed by atoms with Crippen molar-refractivity contribution in [3.05, 3.63) is 187 Å². The van der Waals surface area contributed by atoms with E-state index in [0.717, 1.165) is 25.0 Å². The van der Waals surface area contributed by atoms with Gasteiger partial charge in [-0.05, 0) is 76.9 Å². The molecule has 0 amide bonds. The van der Waals surface area contributed by atoms with Crippen molar-refractivity contribution in [2.45, 2.75) is 37.3 Å². The van der Waals surface area contributed by atoms with Crippen molar-refractivity contribution >= 4 is 42.8 Å². The van der Waals surface area contributed by atoms with Crippen LogP contribution in [0.3, 0.4) is 0 Å². The van der Waals surface area contributed by atoms with E-state index < -0.39 is 0 Å². The van der Waals surface area contributed by atoms with Gasteiger partial charge in [-0.1, -0.05) is 140 Å². The van der Waals surface area contributed by atoms with Crippen LogP contribution in [0.25, 0.3) is 48.0 Å². The molecule has 0 bridgehead atoms. The first-order valence-electron chi connectivity index (χ1n) is 18.1. The zero-order valence-electron chi connectivity index (χ0n) is 28.3. The first-order chi connectivity index (χ1) is 25.3. The molecule has 2 nitrogen and oxygen atoms in total. The highest BCUT2D eigenvalue weighted by atomic mass is 32.1. The SMILES string of the molecule is C1=CC(N(c2cccc(-c3cccc4c3sc3ccccc34)c2)C2C=CCC(c3ccc(-c4ccccc4)cc3)C2)=C2c3ccccc3OC2C1. The number of allylic oxidation sites excluding steroid dienone is 2. The topological polar surface area (TPSA) is 12.5 Å². The lowest BCUT2D eigenvalue weighted by Crippen LogP contribution is -2.37. The number of fused-ring (bicyclic) bond motifs is 6. The second-order valence-electron chi connectivity index (χ2n) is 13.9. The van der Waals surface area contributed by atoms with Gasteiger partial charge in [0.25, 0.3) is 0 Å². The summed E-state index contributed by atoms with van der Waals surface area (Å²) in [5, 5.41) is 2.66. The fourth-order valence-corrected chi connectivity index (χ4v) is 9.70. The van der Waals surface area contributed by atoms with Gasteiger partial charge in [0.15, 0.2) is 0 Å². The summed E-state index contributed by atoms with van der Waals surface area (Å²) in [4.78, 5) is 2.61. The second kappa shape index (κ2) is 12.6. The van der Waals surface area contributed by atoms with Gasteiger partial charge in [0, 0.05) is 49.1 Å². The Morgan fingerprint density at radius 3 is 2.27 bits per heavy atom. The van der Waals surface area contributed by atoms with Gasteiger partial charge in [0.1, 0.15) is 11.9 Å². The molecule has 246 valence electrons. The molecule has 2 heterocycles. The van der Waals surface area contributed by atoms with Gasteiger partial charge < -0.3 is 9.64 Å². The number of ether oxygens (including phenoxy) is 1. The standard InChI is InChI=1S/C48H37NOS/c1-2-12-32(13-3-1)33-26-28-34(29-27-33)35-14-8-16-37(30-35)49(43-22-11-24-45-47(43)42-19-4-6-23-44(42)50-45)38-17-9-15-36(31-38)39-20-10-21-41-40-18-5-7-25-46(40)51-48(39)41/h1-13,15-23,25-29,31,35,37,45H,14,24,30H2. The minimum atomic E-state index is 0.0225. The van der Waals surface area contributed by atoms with Gasteiger partial charge in [-0.2, -0.15) is 0 Å². The fraction of sp³-hybridized carbons (Fsp3) is 0.125. The number of hydrogen-bond donors (Lipinski definition) is 0. The average molecular weight is 676 g/mol. The normalized spacial score (nSPS) is 19.3. The quantitative estimate of drug-likeness (QED) is 0.163. The van der Waals surface area contributed by atoms with Crippen LogP contribution < -0.4 is 9.64 Å². The fourth-order valence-electron chi connectivity index (χ4n) is 8.46. The van der Waals surface area contributed by atoms with Gasteiger partial charge in [0.05, 0.1) is 6.04 Å². The van der Waals surface area contributed by atoms with Crippen LogP contribution in [0.5, 0.6) is 5.75 Å². The molecule has 1 aromatic heterocycles. The molecule has 6 aromatic carbocycles. The zero-order chi connectivity index (χ0) is 33.7. The van der Waals surface area contributed by atoms with Gasteiger partial charge in [-0.25, -0.2) is 0 Å². The lowest BCUT2D eigenvalue weighted by atomic mass is 9.83. The van der Waals surface area contributed by atoms with E-state index in [9.17, 15) is 0 Å². The molecule has 0 saturated carbocycles. The van der Waals surface area contributed by atoms with Crippen LogP contribution in [0.15, 0.2) is 176 Å². The molecule has 0 spiro atoms. The Balaban J connectivity index is 1.08. The molecule has 0 fully saturated rings. The summed E-state index contributed by atoms with van der Waals surface area (Å²) in [5.74, 6) is 1.41. The highest BCUT2D eigenvalue weighted by Gasteiger charge is 2.36. The number of benzene rings is 6. The molecule has 1 aliphatic heterocycles. The third-order valence-corrected chi connectivity index (χ3v) is 12.1. The Hall–Kier alpha value is -5.64. The van der Waals surface area contributed by atoms with Crippen LogP contribution >= 0.6 is 11.3 Å². The van der Waals surface area contributed by atoms with E-state index in [1.165, 1.54) is 70.5 Å². The van der Waals surface area contributed by atoms with Crippen LogP contribution in [-0.2, 0) is 0 Å². The van der Waals surface area contributed by atoms with Crippen molar-refractivity contribution < 1.29 is 4.74 Å². The molecule has 7 aromatic rings. The molecule has 0 saturated heterocycles. The number of nitrogens with zero attached hydrogens (tertiary/aromatic N) is 1. The van der Waals surface area contributed by atoms with Crippen LogP contribution in [0.2, 0.25) is 0 Å². The number of hydrogen-bond acceptors (Lipinski definition) is 3. The first-order valence-corrected chi connectivity index (χ1v) is 18.9. The lowest BCUT2D eigenvalue weighted by Gasteiger charge is -2.39. The number of rotatable bonds is 6. The maximum Gasteiger partial charge on any atom is 0.130 e. The van der Waals surface area contributed by atoms with Gasteiger partial charge >= 0.3 is 0 Å². The Kier molecular flexibility index (Phi) is 7.46. The summed E-state index contributed by atoms with van der Waals surface area (Å²) >= 11 is 1.89. The van der Waals surface area contributed by atoms with Crippen LogP contribution in [-0.4, -0.2) is 12.1 Å². The van der Waals surface area contributed by atoms with Crippen molar-refractivity contribution in [2.24, 2.45) is 0 Å². The molecule has 2 aliphatic carbocycles. The summed E-state index contributed by atoms with van der Waals surface area (Å²) in [6.45, 7) is 0. The third kappa shape index (κ3) is 5.32. The third-order valence-electron chi connectivity index (χ3n) is 10.9. The lowest BCUT2D eigenvalue weighted by molar-refractivity contribution is 0.278. The number of thiophene rings is 1. The smallest absolute Gasteiger partial charge is 0.130 e. The summed E-state index contributed by atoms with van der Waals surface area (Å²) < 4.78 is 9.25. The van der Waals surface area contributed by atoms with E-state index in [2.05, 4.69) is 175 Å². The second-order valence-corrected chi connectivity index (χ2v) is 14.9. The summed E-state index contributed by atoms with van der Waals surface area (Å²) in [6.07, 6.45) is 12.5. The van der Waals surface area contributed by atoms with Crippen molar-refractivity contribution in [3.63, 3.8) is 0 Å². The molecular formula is C48H37NOS. The molecule has 3 unspecified atom stereocenters. The number of anilines is 1. The molecular weight excluding hydrogens is 639 g/mol. The van der Waals surface area contributed by atoms with Gasteiger partial charge in [-0.15, -0.1) is 11.3 Å². The van der Waals surface area contributed by atoms with Crippen LogP contribution in [0.4, 0.5) is 5.69 Å². The van der Waals surface area contributed by atoms with E-state index in [1.54, 1.807) is 0 Å². The van der Waals surface area contributed by atoms with Gasteiger partial charge in [-0.3, -0.25) is 0 Å². The molecule has 0 N–H and O–H groups in total. The zero-order valence-corrected chi connectivity index (χ0v) is 29.1. The van der Waals surface area contributed by atoms with E-state index >= 15 is 0 Å². The average Bonchev–Trinajstić information content (AvgIpc) is 3.78. The van der Waals surface area contributed by atoms with Crippen molar-refractivity contribution in [1.29, 1.82) is 0 Å². The molecule has 3 heteroatoms. The molecule has 51 heavy (non-hydrogen) atoms. The van der Waals surface area contributed by atoms with Crippen LogP contribution in [0.1, 0.15) is 36.3 Å². The Bertz CT molecular complexity index is 2500. The van der Waals surface area contributed by atoms with Crippen molar-refractivity contribution in [2.75, 3.05) is 4.90 Å². The Labute approximate surface area is 303 Å². The van der Waals surface area contributed by atoms with Crippen molar-refractivity contribution in [1.82, 2.24) is 0 Å². The maximum absolute atomic E-state index is 6.57. The van der Waals surface area contributed by atoms with E-state index in [0.29, 0.717) is 5.92 Å². The highest BCUT2D eigenvalue weighted by Crippen LogP contribution is 2.47. The maximum atomic E-state index is 6.57. The van der Waals surface area contributed by atoms with Crippen molar-refractivity contribution in [3.8, 4) is 28.0 Å². The predicted molar refractivity (Wildman–Crippen MR) is 216 cm³/mol. The minimum absolute atomic E-state index is 0.0225. The summed E-state index contributed by atoms with van der Waals surface area (Å²) in [5.41, 5.74) is 11.4. The Morgan fingerprint density at radius 1 is 0.608 bits per heavy atom. The largest absolute Gasteiger partial charge is 0.485 e. The summed E-state index contributed by atoms with van der Waals surface area (Å²) in [6, 6.07) is 53.5. The minimum Gasteiger partial charge on any atom is -0.485 e. The molecule has 3 aliphatic rings.